The van der Waals surface area contributed by atoms with E-state index in [4.69, 9.17) is 11.6 Å². The predicted molar refractivity (Wildman–Crippen MR) is 113 cm³/mol. The minimum atomic E-state index is -0.387. The molecule has 1 fully saturated rings. The maximum Gasteiger partial charge on any atom is 0.271 e. The number of amides is 1. The van der Waals surface area contributed by atoms with Crippen molar-refractivity contribution in [2.75, 3.05) is 26.2 Å². The highest BCUT2D eigenvalue weighted by atomic mass is 35.5. The summed E-state index contributed by atoms with van der Waals surface area (Å²) in [5, 5.41) is 18.6. The number of nitrogens with zero attached hydrogens (tertiary/aromatic N) is 4. The highest BCUT2D eigenvalue weighted by Crippen LogP contribution is 2.22. The van der Waals surface area contributed by atoms with Crippen molar-refractivity contribution in [2.24, 2.45) is 0 Å². The van der Waals surface area contributed by atoms with Crippen LogP contribution in [0.25, 0.3) is 11.3 Å². The third kappa shape index (κ3) is 4.50. The average Bonchev–Trinajstić information content (AvgIpc) is 3.24. The first kappa shape index (κ1) is 20.1. The third-order valence-electron chi connectivity index (χ3n) is 5.12. The van der Waals surface area contributed by atoms with Gasteiger partial charge in [-0.15, -0.1) is 0 Å². The van der Waals surface area contributed by atoms with Crippen LogP contribution < -0.4 is 0 Å². The molecule has 8 nitrogen and oxygen atoms in total. The summed E-state index contributed by atoms with van der Waals surface area (Å²) >= 11 is 6.03. The summed E-state index contributed by atoms with van der Waals surface area (Å²) < 4.78 is 0. The van der Waals surface area contributed by atoms with Crippen LogP contribution in [0, 0.1) is 10.1 Å². The van der Waals surface area contributed by atoms with Crippen LogP contribution in [-0.4, -0.2) is 57.0 Å². The third-order valence-corrected chi connectivity index (χ3v) is 5.35. The van der Waals surface area contributed by atoms with Gasteiger partial charge in [0.15, 0.2) is 0 Å². The van der Waals surface area contributed by atoms with Crippen molar-refractivity contribution < 1.29 is 9.72 Å². The van der Waals surface area contributed by atoms with Crippen LogP contribution >= 0.6 is 11.6 Å². The second-order valence-electron chi connectivity index (χ2n) is 7.17. The molecule has 1 amide bonds. The molecule has 2 heterocycles. The highest BCUT2D eigenvalue weighted by Gasteiger charge is 2.24. The summed E-state index contributed by atoms with van der Waals surface area (Å²) in [6.07, 6.45) is 0. The molecule has 0 aliphatic carbocycles. The molecule has 0 spiro atoms. The Kier molecular flexibility index (Phi) is 5.78. The minimum absolute atomic E-state index is 0.0919. The molecule has 0 atom stereocenters. The van der Waals surface area contributed by atoms with Crippen LogP contribution in [0.3, 0.4) is 0 Å². The highest BCUT2D eigenvalue weighted by molar-refractivity contribution is 6.30. The van der Waals surface area contributed by atoms with E-state index in [-0.39, 0.29) is 16.5 Å². The first-order valence-electron chi connectivity index (χ1n) is 9.56. The van der Waals surface area contributed by atoms with Crippen molar-refractivity contribution in [3.63, 3.8) is 0 Å². The van der Waals surface area contributed by atoms with Gasteiger partial charge in [0.25, 0.3) is 11.6 Å². The number of aromatic nitrogens is 2. The van der Waals surface area contributed by atoms with Gasteiger partial charge in [-0.25, -0.2) is 0 Å². The molecule has 9 heteroatoms. The van der Waals surface area contributed by atoms with Crippen LogP contribution in [0.15, 0.2) is 54.6 Å². The minimum Gasteiger partial charge on any atom is -0.335 e. The monoisotopic (exact) mass is 425 g/mol. The quantitative estimate of drug-likeness (QED) is 0.497. The Bertz CT molecular complexity index is 1080. The molecule has 1 saturated heterocycles. The van der Waals surface area contributed by atoms with Gasteiger partial charge in [-0.3, -0.25) is 24.9 Å². The molecule has 2 aromatic carbocycles. The number of hydrogen-bond donors (Lipinski definition) is 1. The molecule has 1 aliphatic heterocycles. The Balaban J connectivity index is 1.36. The van der Waals surface area contributed by atoms with Gasteiger partial charge in [-0.1, -0.05) is 35.9 Å². The van der Waals surface area contributed by atoms with Gasteiger partial charge in [0.1, 0.15) is 5.69 Å². The van der Waals surface area contributed by atoms with Gasteiger partial charge >= 0.3 is 0 Å². The van der Waals surface area contributed by atoms with E-state index in [0.717, 1.165) is 11.1 Å². The number of benzene rings is 2. The van der Waals surface area contributed by atoms with Crippen molar-refractivity contribution in [3.8, 4) is 11.3 Å². The SMILES string of the molecule is O=C(c1cc(-c2cccc(Cl)c2)n[nH]1)N1CCN(Cc2cccc([N+](=O)[O-])c2)CC1. The van der Waals surface area contributed by atoms with E-state index >= 15 is 0 Å². The van der Waals surface area contributed by atoms with E-state index < -0.39 is 0 Å². The Morgan fingerprint density at radius 2 is 1.87 bits per heavy atom. The summed E-state index contributed by atoms with van der Waals surface area (Å²) in [5.74, 6) is -0.0919. The van der Waals surface area contributed by atoms with Gasteiger partial charge in [0.2, 0.25) is 0 Å². The number of hydrogen-bond acceptors (Lipinski definition) is 5. The fourth-order valence-corrected chi connectivity index (χ4v) is 3.72. The van der Waals surface area contributed by atoms with E-state index in [1.165, 1.54) is 6.07 Å². The number of nitro benzene ring substituents is 1. The Morgan fingerprint density at radius 3 is 2.60 bits per heavy atom. The fourth-order valence-electron chi connectivity index (χ4n) is 3.53. The Labute approximate surface area is 178 Å². The molecule has 1 aliphatic rings. The number of piperazine rings is 1. The van der Waals surface area contributed by atoms with E-state index in [0.29, 0.717) is 49.1 Å². The molecular formula is C21H20ClN5O3. The molecule has 0 unspecified atom stereocenters. The number of rotatable bonds is 5. The van der Waals surface area contributed by atoms with Gasteiger partial charge in [0.05, 0.1) is 10.6 Å². The van der Waals surface area contributed by atoms with E-state index in [2.05, 4.69) is 15.1 Å². The zero-order chi connectivity index (χ0) is 21.1. The lowest BCUT2D eigenvalue weighted by molar-refractivity contribution is -0.384. The van der Waals surface area contributed by atoms with Gasteiger partial charge < -0.3 is 4.90 Å². The summed E-state index contributed by atoms with van der Waals surface area (Å²) in [6.45, 7) is 3.18. The van der Waals surface area contributed by atoms with Crippen LogP contribution in [0.2, 0.25) is 5.02 Å². The van der Waals surface area contributed by atoms with E-state index in [9.17, 15) is 14.9 Å². The van der Waals surface area contributed by atoms with Crippen LogP contribution in [0.4, 0.5) is 5.69 Å². The number of nitro groups is 1. The van der Waals surface area contributed by atoms with Gasteiger partial charge in [-0.05, 0) is 23.8 Å². The first-order chi connectivity index (χ1) is 14.5. The first-order valence-corrected chi connectivity index (χ1v) is 9.94. The smallest absolute Gasteiger partial charge is 0.271 e. The largest absolute Gasteiger partial charge is 0.335 e. The molecule has 4 rings (SSSR count). The van der Waals surface area contributed by atoms with Gasteiger partial charge in [0, 0.05) is 55.4 Å². The zero-order valence-corrected chi connectivity index (χ0v) is 16.9. The second-order valence-corrected chi connectivity index (χ2v) is 7.61. The van der Waals surface area contributed by atoms with Crippen LogP contribution in [0.5, 0.6) is 0 Å². The molecular weight excluding hydrogens is 406 g/mol. The maximum absolute atomic E-state index is 12.8. The Hall–Kier alpha value is -3.23. The van der Waals surface area contributed by atoms with Crippen molar-refractivity contribution >= 4 is 23.2 Å². The van der Waals surface area contributed by atoms with Gasteiger partial charge in [-0.2, -0.15) is 5.10 Å². The van der Waals surface area contributed by atoms with Crippen molar-refractivity contribution in [3.05, 3.63) is 81.0 Å². The summed E-state index contributed by atoms with van der Waals surface area (Å²) in [4.78, 5) is 27.4. The number of aromatic amines is 1. The number of H-pyrrole nitrogens is 1. The molecule has 1 aromatic heterocycles. The summed E-state index contributed by atoms with van der Waals surface area (Å²) in [6, 6.07) is 15.7. The lowest BCUT2D eigenvalue weighted by Gasteiger charge is -2.34. The predicted octanol–water partition coefficient (Wildman–Crippen LogP) is 3.60. The fraction of sp³-hybridized carbons (Fsp3) is 0.238. The zero-order valence-electron chi connectivity index (χ0n) is 16.1. The molecule has 3 aromatic rings. The maximum atomic E-state index is 12.8. The van der Waals surface area contributed by atoms with Crippen molar-refractivity contribution in [1.29, 1.82) is 0 Å². The number of carbonyl (C=O) groups is 1. The van der Waals surface area contributed by atoms with Crippen molar-refractivity contribution in [1.82, 2.24) is 20.0 Å². The number of halogens is 1. The summed E-state index contributed by atoms with van der Waals surface area (Å²) in [5.41, 5.74) is 2.95. The Morgan fingerprint density at radius 1 is 1.10 bits per heavy atom. The molecule has 0 saturated carbocycles. The van der Waals surface area contributed by atoms with Crippen molar-refractivity contribution in [2.45, 2.75) is 6.54 Å². The second kappa shape index (κ2) is 8.64. The molecule has 154 valence electrons. The van der Waals surface area contributed by atoms with Crippen LogP contribution in [0.1, 0.15) is 16.1 Å². The average molecular weight is 426 g/mol. The number of non-ortho nitro benzene ring substituents is 1. The normalized spacial score (nSPS) is 14.6. The number of carbonyl (C=O) groups excluding carboxylic acids is 1. The molecule has 0 radical (unpaired) electrons. The lowest BCUT2D eigenvalue weighted by Crippen LogP contribution is -2.48. The molecule has 0 bridgehead atoms. The molecule has 1 N–H and O–H groups in total. The van der Waals surface area contributed by atoms with E-state index in [1.54, 1.807) is 35.2 Å². The summed E-state index contributed by atoms with van der Waals surface area (Å²) in [7, 11) is 0. The topological polar surface area (TPSA) is 95.4 Å². The van der Waals surface area contributed by atoms with E-state index in [1.807, 2.05) is 18.2 Å². The number of nitrogens with one attached hydrogen (secondary N) is 1. The van der Waals surface area contributed by atoms with Crippen LogP contribution in [-0.2, 0) is 6.54 Å². The molecule has 30 heavy (non-hydrogen) atoms. The standard InChI is InChI=1S/C21H20ClN5O3/c22-17-5-2-4-16(12-17)19-13-20(24-23-19)21(28)26-9-7-25(8-10-26)14-15-3-1-6-18(11-15)27(29)30/h1-6,11-13H,7-10,14H2,(H,23,24). The lowest BCUT2D eigenvalue weighted by atomic mass is 10.1.